The van der Waals surface area contributed by atoms with Crippen molar-refractivity contribution in [1.29, 1.82) is 0 Å². The molecule has 0 saturated heterocycles. The molecule has 7 heteroatoms. The molecule has 1 N–H and O–H groups in total. The van der Waals surface area contributed by atoms with Crippen LogP contribution in [0.1, 0.15) is 40.5 Å². The normalized spacial score (nSPS) is 11.3. The number of anilines is 1. The highest BCUT2D eigenvalue weighted by molar-refractivity contribution is 8.01. The Bertz CT molecular complexity index is 420. The second-order valence-corrected chi connectivity index (χ2v) is 7.23. The Kier molecular flexibility index (Phi) is 7.29. The van der Waals surface area contributed by atoms with Gasteiger partial charge < -0.3 is 10.0 Å². The van der Waals surface area contributed by atoms with Gasteiger partial charge in [-0.05, 0) is 18.8 Å². The molecular formula is C13H23N3O2S2. The number of carboxylic acid groups (broad SMARTS) is 1. The van der Waals surface area contributed by atoms with E-state index in [2.05, 4.69) is 42.8 Å². The molecule has 0 aromatic carbocycles. The monoisotopic (exact) mass is 317 g/mol. The Morgan fingerprint density at radius 2 is 2.00 bits per heavy atom. The number of hydrogen-bond acceptors (Lipinski definition) is 6. The van der Waals surface area contributed by atoms with Gasteiger partial charge in [-0.25, -0.2) is 0 Å². The fourth-order valence-corrected chi connectivity index (χ4v) is 3.65. The van der Waals surface area contributed by atoms with Crippen LogP contribution < -0.4 is 4.90 Å². The minimum absolute atomic E-state index is 0.0315. The molecule has 0 amide bonds. The molecule has 0 unspecified atom stereocenters. The lowest BCUT2D eigenvalue weighted by Crippen LogP contribution is -2.37. The number of carbonyl (C=O) groups is 1. The smallest absolute Gasteiger partial charge is 0.313 e. The van der Waals surface area contributed by atoms with E-state index in [1.54, 1.807) is 0 Å². The van der Waals surface area contributed by atoms with Crippen LogP contribution in [0.15, 0.2) is 4.34 Å². The van der Waals surface area contributed by atoms with Crippen molar-refractivity contribution in [1.82, 2.24) is 10.2 Å². The fraction of sp³-hybridized carbons (Fsp3) is 0.769. The van der Waals surface area contributed by atoms with Gasteiger partial charge in [-0.2, -0.15) is 0 Å². The summed E-state index contributed by atoms with van der Waals surface area (Å²) in [4.78, 5) is 12.9. The van der Waals surface area contributed by atoms with Crippen molar-refractivity contribution < 1.29 is 9.90 Å². The molecular weight excluding hydrogens is 294 g/mol. The zero-order valence-electron chi connectivity index (χ0n) is 12.5. The van der Waals surface area contributed by atoms with Crippen molar-refractivity contribution in [2.45, 2.75) is 50.9 Å². The molecule has 0 aliphatic rings. The molecule has 0 bridgehead atoms. The number of aliphatic carboxylic acids is 1. The molecule has 0 radical (unpaired) electrons. The molecule has 5 nitrogen and oxygen atoms in total. The van der Waals surface area contributed by atoms with Gasteiger partial charge in [-0.3, -0.25) is 4.79 Å². The fourth-order valence-electron chi connectivity index (χ4n) is 2.01. The van der Waals surface area contributed by atoms with Gasteiger partial charge in [0.05, 0.1) is 5.75 Å². The average Bonchev–Trinajstić information content (AvgIpc) is 2.84. The summed E-state index contributed by atoms with van der Waals surface area (Å²) in [6.07, 6.45) is 2.14. The van der Waals surface area contributed by atoms with Crippen LogP contribution in [0.5, 0.6) is 0 Å². The summed E-state index contributed by atoms with van der Waals surface area (Å²) in [6, 6.07) is 0.461. The summed E-state index contributed by atoms with van der Waals surface area (Å²) in [6.45, 7) is 9.70. The summed E-state index contributed by atoms with van der Waals surface area (Å²) in [5, 5.41) is 17.9. The molecule has 0 aliphatic carbocycles. The third-order valence-corrected chi connectivity index (χ3v) is 4.98. The lowest BCUT2D eigenvalue weighted by Gasteiger charge is -2.31. The van der Waals surface area contributed by atoms with Crippen LogP contribution in [0.4, 0.5) is 5.13 Å². The van der Waals surface area contributed by atoms with E-state index in [1.165, 1.54) is 23.1 Å². The molecule has 0 spiro atoms. The quantitative estimate of drug-likeness (QED) is 0.704. The van der Waals surface area contributed by atoms with Gasteiger partial charge in [0, 0.05) is 12.6 Å². The topological polar surface area (TPSA) is 66.3 Å². The number of nitrogens with zero attached hydrogens (tertiary/aromatic N) is 3. The van der Waals surface area contributed by atoms with Crippen molar-refractivity contribution in [3.05, 3.63) is 0 Å². The predicted octanol–water partition coefficient (Wildman–Crippen LogP) is 3.37. The Morgan fingerprint density at radius 3 is 2.50 bits per heavy atom. The minimum Gasteiger partial charge on any atom is -0.481 e. The van der Waals surface area contributed by atoms with Crippen molar-refractivity contribution in [3.63, 3.8) is 0 Å². The van der Waals surface area contributed by atoms with E-state index in [9.17, 15) is 4.79 Å². The standard InChI is InChI=1S/C13H23N3O2S2/c1-5-10(6-2)16(7-9(3)4)12-14-15-13(20-12)19-8-11(17)18/h9-10H,5-8H2,1-4H3,(H,17,18). The predicted molar refractivity (Wildman–Crippen MR) is 84.8 cm³/mol. The summed E-state index contributed by atoms with van der Waals surface area (Å²) in [5.41, 5.74) is 0. The number of hydrogen-bond donors (Lipinski definition) is 1. The Labute approximate surface area is 128 Å². The summed E-state index contributed by atoms with van der Waals surface area (Å²) >= 11 is 2.72. The molecule has 20 heavy (non-hydrogen) atoms. The van der Waals surface area contributed by atoms with Gasteiger partial charge >= 0.3 is 5.97 Å². The van der Waals surface area contributed by atoms with Gasteiger partial charge in [-0.1, -0.05) is 50.8 Å². The first-order valence-corrected chi connectivity index (χ1v) is 8.72. The van der Waals surface area contributed by atoms with Crippen LogP contribution in [-0.2, 0) is 4.79 Å². The van der Waals surface area contributed by atoms with Crippen LogP contribution in [0.2, 0.25) is 0 Å². The minimum atomic E-state index is -0.828. The molecule has 1 aromatic heterocycles. The zero-order valence-corrected chi connectivity index (χ0v) is 14.1. The highest BCUT2D eigenvalue weighted by Crippen LogP contribution is 2.30. The molecule has 114 valence electrons. The van der Waals surface area contributed by atoms with E-state index in [0.29, 0.717) is 12.0 Å². The van der Waals surface area contributed by atoms with Crippen molar-refractivity contribution in [2.75, 3.05) is 17.2 Å². The molecule has 0 atom stereocenters. The molecule has 1 aromatic rings. The number of aromatic nitrogens is 2. The second-order valence-electron chi connectivity index (χ2n) is 5.05. The molecule has 0 saturated carbocycles. The number of carboxylic acids is 1. The lowest BCUT2D eigenvalue weighted by atomic mass is 10.1. The maximum Gasteiger partial charge on any atom is 0.313 e. The van der Waals surface area contributed by atoms with E-state index in [1.807, 2.05) is 0 Å². The molecule has 0 aliphatic heterocycles. The van der Waals surface area contributed by atoms with Crippen LogP contribution in [0.25, 0.3) is 0 Å². The van der Waals surface area contributed by atoms with E-state index < -0.39 is 5.97 Å². The van der Waals surface area contributed by atoms with E-state index in [-0.39, 0.29) is 5.75 Å². The first-order chi connectivity index (χ1) is 9.47. The van der Waals surface area contributed by atoms with E-state index in [4.69, 9.17) is 5.11 Å². The third kappa shape index (κ3) is 5.28. The van der Waals surface area contributed by atoms with Crippen molar-refractivity contribution in [2.24, 2.45) is 5.92 Å². The summed E-state index contributed by atoms with van der Waals surface area (Å²) in [5.74, 6) is -0.246. The van der Waals surface area contributed by atoms with Gasteiger partial charge in [0.2, 0.25) is 5.13 Å². The lowest BCUT2D eigenvalue weighted by molar-refractivity contribution is -0.133. The van der Waals surface area contributed by atoms with E-state index >= 15 is 0 Å². The Hall–Kier alpha value is -0.820. The van der Waals surface area contributed by atoms with Crippen LogP contribution in [0.3, 0.4) is 0 Å². The summed E-state index contributed by atoms with van der Waals surface area (Å²) in [7, 11) is 0. The molecule has 1 rings (SSSR count). The average molecular weight is 317 g/mol. The van der Waals surface area contributed by atoms with Crippen LogP contribution in [0, 0.1) is 5.92 Å². The van der Waals surface area contributed by atoms with E-state index in [0.717, 1.165) is 28.9 Å². The maximum atomic E-state index is 10.6. The van der Waals surface area contributed by atoms with Crippen LogP contribution >= 0.6 is 23.1 Å². The maximum absolute atomic E-state index is 10.6. The van der Waals surface area contributed by atoms with Gasteiger partial charge in [0.1, 0.15) is 0 Å². The van der Waals surface area contributed by atoms with Crippen molar-refractivity contribution in [3.8, 4) is 0 Å². The second kappa shape index (κ2) is 8.46. The van der Waals surface area contributed by atoms with Crippen LogP contribution in [-0.4, -0.2) is 39.6 Å². The van der Waals surface area contributed by atoms with Gasteiger partial charge in [-0.15, -0.1) is 10.2 Å². The SMILES string of the molecule is CCC(CC)N(CC(C)C)c1nnc(SCC(=O)O)s1. The third-order valence-electron chi connectivity index (χ3n) is 2.91. The molecule has 1 heterocycles. The number of rotatable bonds is 9. The van der Waals surface area contributed by atoms with Gasteiger partial charge in [0.15, 0.2) is 4.34 Å². The highest BCUT2D eigenvalue weighted by Gasteiger charge is 2.21. The first kappa shape index (κ1) is 17.2. The summed E-state index contributed by atoms with van der Waals surface area (Å²) < 4.78 is 0.724. The zero-order chi connectivity index (χ0) is 15.1. The molecule has 0 fully saturated rings. The first-order valence-electron chi connectivity index (χ1n) is 6.92. The Balaban J connectivity index is 2.82. The number of thioether (sulfide) groups is 1. The van der Waals surface area contributed by atoms with Crippen molar-refractivity contribution >= 4 is 34.2 Å². The van der Waals surface area contributed by atoms with Gasteiger partial charge in [0.25, 0.3) is 0 Å². The highest BCUT2D eigenvalue weighted by atomic mass is 32.2. The Morgan fingerprint density at radius 1 is 1.35 bits per heavy atom. The largest absolute Gasteiger partial charge is 0.481 e.